The van der Waals surface area contributed by atoms with Gasteiger partial charge in [0.05, 0.1) is 0 Å². The van der Waals surface area contributed by atoms with Gasteiger partial charge in [0.15, 0.2) is 0 Å². The standard InChI is InChI=1S/C25H44N4O2/c1-8-27(9-2)15-17-29(18-16-28(10-3)11-4)23(30)22-14-12-13-21(19-22)20-26-24(31)25(5,6)7/h12-14,19H,8-11,15-18,20H2,1-7H3,(H,26,31). The fraction of sp³-hybridized carbons (Fsp3) is 0.680. The molecule has 0 atom stereocenters. The van der Waals surface area contributed by atoms with Gasteiger partial charge in [0, 0.05) is 43.7 Å². The van der Waals surface area contributed by atoms with Crippen LogP contribution in [0.1, 0.15) is 64.4 Å². The molecule has 6 heteroatoms. The van der Waals surface area contributed by atoms with Crippen molar-refractivity contribution in [3.05, 3.63) is 35.4 Å². The molecule has 0 spiro atoms. The highest BCUT2D eigenvalue weighted by Crippen LogP contribution is 2.14. The van der Waals surface area contributed by atoms with E-state index in [9.17, 15) is 9.59 Å². The number of carbonyl (C=O) groups excluding carboxylic acids is 2. The highest BCUT2D eigenvalue weighted by atomic mass is 16.2. The fourth-order valence-electron chi connectivity index (χ4n) is 3.36. The van der Waals surface area contributed by atoms with Crippen molar-refractivity contribution >= 4 is 11.8 Å². The maximum absolute atomic E-state index is 13.4. The van der Waals surface area contributed by atoms with Gasteiger partial charge in [0.25, 0.3) is 5.91 Å². The first-order valence-corrected chi connectivity index (χ1v) is 11.8. The smallest absolute Gasteiger partial charge is 0.253 e. The van der Waals surface area contributed by atoms with Crippen molar-refractivity contribution in [2.45, 2.75) is 55.0 Å². The van der Waals surface area contributed by atoms with Gasteiger partial charge in [0.1, 0.15) is 0 Å². The molecule has 0 aromatic heterocycles. The van der Waals surface area contributed by atoms with Crippen molar-refractivity contribution in [2.24, 2.45) is 5.41 Å². The van der Waals surface area contributed by atoms with Crippen molar-refractivity contribution < 1.29 is 9.59 Å². The Bertz CT molecular complexity index is 660. The van der Waals surface area contributed by atoms with Gasteiger partial charge in [-0.05, 0) is 43.9 Å². The fourth-order valence-corrected chi connectivity index (χ4v) is 3.36. The number of rotatable bonds is 13. The Morgan fingerprint density at radius 3 is 1.81 bits per heavy atom. The maximum Gasteiger partial charge on any atom is 0.253 e. The van der Waals surface area contributed by atoms with Crippen LogP contribution in [-0.2, 0) is 11.3 Å². The summed E-state index contributed by atoms with van der Waals surface area (Å²) in [6, 6.07) is 7.64. The normalized spacial score (nSPS) is 11.8. The van der Waals surface area contributed by atoms with Crippen LogP contribution in [0, 0.1) is 5.41 Å². The van der Waals surface area contributed by atoms with E-state index >= 15 is 0 Å². The Morgan fingerprint density at radius 1 is 0.839 bits per heavy atom. The highest BCUT2D eigenvalue weighted by Gasteiger charge is 2.21. The third kappa shape index (κ3) is 9.40. The molecule has 0 aliphatic rings. The predicted octanol–water partition coefficient (Wildman–Crippen LogP) is 3.47. The summed E-state index contributed by atoms with van der Waals surface area (Å²) in [4.78, 5) is 32.2. The third-order valence-electron chi connectivity index (χ3n) is 5.76. The second-order valence-corrected chi connectivity index (χ2v) is 8.98. The molecule has 0 saturated carbocycles. The van der Waals surface area contributed by atoms with Crippen LogP contribution in [0.15, 0.2) is 24.3 Å². The monoisotopic (exact) mass is 432 g/mol. The minimum atomic E-state index is -0.431. The van der Waals surface area contributed by atoms with Crippen molar-refractivity contribution in [1.29, 1.82) is 0 Å². The SMILES string of the molecule is CCN(CC)CCN(CCN(CC)CC)C(=O)c1cccc(CNC(=O)C(C)(C)C)c1. The van der Waals surface area contributed by atoms with Gasteiger partial charge in [-0.3, -0.25) is 9.59 Å². The molecule has 0 aliphatic carbocycles. The Balaban J connectivity index is 2.91. The van der Waals surface area contributed by atoms with E-state index < -0.39 is 5.41 Å². The largest absolute Gasteiger partial charge is 0.352 e. The van der Waals surface area contributed by atoms with E-state index in [1.807, 2.05) is 49.9 Å². The zero-order chi connectivity index (χ0) is 23.4. The number of nitrogens with one attached hydrogen (secondary N) is 1. The summed E-state index contributed by atoms with van der Waals surface area (Å²) in [5.74, 6) is 0.0626. The average molecular weight is 433 g/mol. The quantitative estimate of drug-likeness (QED) is 0.519. The van der Waals surface area contributed by atoms with Crippen LogP contribution in [0.25, 0.3) is 0 Å². The lowest BCUT2D eigenvalue weighted by molar-refractivity contribution is -0.128. The molecule has 1 rings (SSSR count). The molecule has 1 aromatic rings. The molecule has 0 bridgehead atoms. The Kier molecular flexibility index (Phi) is 11.8. The summed E-state index contributed by atoms with van der Waals surface area (Å²) in [5, 5.41) is 2.97. The van der Waals surface area contributed by atoms with Crippen LogP contribution in [-0.4, -0.2) is 78.9 Å². The van der Waals surface area contributed by atoms with Crippen LogP contribution >= 0.6 is 0 Å². The lowest BCUT2D eigenvalue weighted by Crippen LogP contribution is -2.43. The Morgan fingerprint density at radius 2 is 1.35 bits per heavy atom. The molecule has 6 nitrogen and oxygen atoms in total. The van der Waals surface area contributed by atoms with Gasteiger partial charge < -0.3 is 20.0 Å². The molecule has 0 aliphatic heterocycles. The number of hydrogen-bond acceptors (Lipinski definition) is 4. The summed E-state index contributed by atoms with van der Waals surface area (Å²) in [5.41, 5.74) is 1.19. The van der Waals surface area contributed by atoms with Crippen LogP contribution < -0.4 is 5.32 Å². The van der Waals surface area contributed by atoms with Crippen LogP contribution in [0.2, 0.25) is 0 Å². The van der Waals surface area contributed by atoms with E-state index in [1.165, 1.54) is 0 Å². The van der Waals surface area contributed by atoms with Gasteiger partial charge in [-0.25, -0.2) is 0 Å². The Labute approximate surface area is 190 Å². The number of hydrogen-bond donors (Lipinski definition) is 1. The molecule has 0 radical (unpaired) electrons. The van der Waals surface area contributed by atoms with Crippen molar-refractivity contribution in [3.63, 3.8) is 0 Å². The zero-order valence-electron chi connectivity index (χ0n) is 20.8. The van der Waals surface area contributed by atoms with Gasteiger partial charge in [-0.1, -0.05) is 60.6 Å². The molecule has 176 valence electrons. The summed E-state index contributed by atoms with van der Waals surface area (Å²) in [7, 11) is 0. The summed E-state index contributed by atoms with van der Waals surface area (Å²) in [6.45, 7) is 21.8. The van der Waals surface area contributed by atoms with Gasteiger partial charge in [0.2, 0.25) is 5.91 Å². The predicted molar refractivity (Wildman–Crippen MR) is 129 cm³/mol. The molecular formula is C25H44N4O2. The number of amides is 2. The van der Waals surface area contributed by atoms with Crippen LogP contribution in [0.4, 0.5) is 0 Å². The van der Waals surface area contributed by atoms with E-state index in [2.05, 4.69) is 42.8 Å². The van der Waals surface area contributed by atoms with Crippen LogP contribution in [0.3, 0.4) is 0 Å². The topological polar surface area (TPSA) is 55.9 Å². The van der Waals surface area contributed by atoms with Gasteiger partial charge in [-0.15, -0.1) is 0 Å². The van der Waals surface area contributed by atoms with Crippen molar-refractivity contribution in [2.75, 3.05) is 52.4 Å². The number of benzene rings is 1. The molecule has 0 saturated heterocycles. The second-order valence-electron chi connectivity index (χ2n) is 8.98. The van der Waals surface area contributed by atoms with E-state index in [0.29, 0.717) is 25.2 Å². The number of nitrogens with zero attached hydrogens (tertiary/aromatic N) is 3. The Hall–Kier alpha value is -1.92. The molecular weight excluding hydrogens is 388 g/mol. The van der Waals surface area contributed by atoms with Gasteiger partial charge in [-0.2, -0.15) is 0 Å². The van der Waals surface area contributed by atoms with E-state index in [1.54, 1.807) is 0 Å². The molecule has 0 unspecified atom stereocenters. The summed E-state index contributed by atoms with van der Waals surface area (Å²) < 4.78 is 0. The van der Waals surface area contributed by atoms with Crippen LogP contribution in [0.5, 0.6) is 0 Å². The van der Waals surface area contributed by atoms with Gasteiger partial charge >= 0.3 is 0 Å². The maximum atomic E-state index is 13.4. The molecule has 0 fully saturated rings. The number of likely N-dealkylation sites (N-methyl/N-ethyl adjacent to an activating group) is 2. The minimum absolute atomic E-state index is 0.00398. The molecule has 0 heterocycles. The average Bonchev–Trinajstić information content (AvgIpc) is 2.76. The third-order valence-corrected chi connectivity index (χ3v) is 5.76. The lowest BCUT2D eigenvalue weighted by atomic mass is 9.95. The van der Waals surface area contributed by atoms with E-state index in [-0.39, 0.29) is 11.8 Å². The zero-order valence-corrected chi connectivity index (χ0v) is 20.8. The second kappa shape index (κ2) is 13.5. The van der Waals surface area contributed by atoms with Crippen molar-refractivity contribution in [3.8, 4) is 0 Å². The molecule has 31 heavy (non-hydrogen) atoms. The summed E-state index contributed by atoms with van der Waals surface area (Å²) in [6.07, 6.45) is 0. The van der Waals surface area contributed by atoms with Crippen molar-refractivity contribution in [1.82, 2.24) is 20.0 Å². The molecule has 1 N–H and O–H groups in total. The number of carbonyl (C=O) groups is 2. The summed E-state index contributed by atoms with van der Waals surface area (Å²) >= 11 is 0. The first kappa shape index (κ1) is 27.1. The highest BCUT2D eigenvalue weighted by molar-refractivity contribution is 5.94. The first-order chi connectivity index (χ1) is 14.7. The molecule has 1 aromatic carbocycles. The minimum Gasteiger partial charge on any atom is -0.352 e. The first-order valence-electron chi connectivity index (χ1n) is 11.8. The van der Waals surface area contributed by atoms with E-state index in [0.717, 1.165) is 44.8 Å². The molecule has 2 amide bonds. The lowest BCUT2D eigenvalue weighted by Gasteiger charge is -2.29. The van der Waals surface area contributed by atoms with E-state index in [4.69, 9.17) is 0 Å².